The van der Waals surface area contributed by atoms with Crippen LogP contribution in [0.2, 0.25) is 0 Å². The van der Waals surface area contributed by atoms with Gasteiger partial charge in [0.1, 0.15) is 6.61 Å². The Labute approximate surface area is 154 Å². The predicted octanol–water partition coefficient (Wildman–Crippen LogP) is 2.84. The highest BCUT2D eigenvalue weighted by atomic mass is 32.1. The first kappa shape index (κ1) is 19.3. The molecule has 134 valence electrons. The maximum absolute atomic E-state index is 12.4. The van der Waals surface area contributed by atoms with Gasteiger partial charge in [0.2, 0.25) is 5.78 Å². The molecule has 0 aliphatic carbocycles. The summed E-state index contributed by atoms with van der Waals surface area (Å²) >= 11 is 3.69. The summed E-state index contributed by atoms with van der Waals surface area (Å²) < 4.78 is 4.98. The predicted molar refractivity (Wildman–Crippen MR) is 95.7 cm³/mol. The molecule has 2 aromatic rings. The van der Waals surface area contributed by atoms with E-state index in [9.17, 15) is 24.5 Å². The van der Waals surface area contributed by atoms with Crippen LogP contribution in [0.4, 0.5) is 5.69 Å². The summed E-state index contributed by atoms with van der Waals surface area (Å²) in [5.41, 5.74) is 0.929. The van der Waals surface area contributed by atoms with Gasteiger partial charge in [0.25, 0.3) is 5.69 Å². The highest BCUT2D eigenvalue weighted by Gasteiger charge is 2.29. The van der Waals surface area contributed by atoms with Gasteiger partial charge in [0.05, 0.1) is 10.8 Å². The van der Waals surface area contributed by atoms with E-state index < -0.39 is 27.7 Å². The second-order valence-corrected chi connectivity index (χ2v) is 5.92. The lowest BCUT2D eigenvalue weighted by Crippen LogP contribution is -2.25. The molecule has 1 atom stereocenters. The minimum atomic E-state index is -1.08. The van der Waals surface area contributed by atoms with Crippen molar-refractivity contribution in [3.63, 3.8) is 0 Å². The Morgan fingerprint density at radius 2 is 1.65 bits per heavy atom. The number of ether oxygens (including phenoxy) is 1. The number of hydrogen-bond acceptors (Lipinski definition) is 6. The van der Waals surface area contributed by atoms with Crippen molar-refractivity contribution in [2.24, 2.45) is 0 Å². The number of benzene rings is 2. The number of rotatable bonds is 8. The number of non-ortho nitro benzene ring substituents is 1. The molecule has 0 aromatic heterocycles. The molecular weight excluding hydrogens is 358 g/mol. The molecule has 0 aliphatic heterocycles. The molecule has 7 nitrogen and oxygen atoms in total. The Hall–Kier alpha value is -3.00. The Morgan fingerprint density at radius 1 is 1.04 bits per heavy atom. The van der Waals surface area contributed by atoms with E-state index in [4.69, 9.17) is 4.74 Å². The molecule has 0 aliphatic rings. The molecule has 0 saturated heterocycles. The molecule has 0 fully saturated rings. The number of carbonyl (C=O) groups excluding carboxylic acids is 3. The number of nitro groups is 1. The van der Waals surface area contributed by atoms with E-state index in [-0.39, 0.29) is 18.7 Å². The molecule has 8 heteroatoms. The fourth-order valence-electron chi connectivity index (χ4n) is 2.30. The van der Waals surface area contributed by atoms with Crippen molar-refractivity contribution in [2.75, 3.05) is 0 Å². The van der Waals surface area contributed by atoms with Crippen molar-refractivity contribution < 1.29 is 24.0 Å². The summed E-state index contributed by atoms with van der Waals surface area (Å²) in [7, 11) is 0. The zero-order chi connectivity index (χ0) is 19.1. The number of carbonyl (C=O) groups is 3. The first-order valence-corrected chi connectivity index (χ1v) is 8.04. The van der Waals surface area contributed by atoms with Gasteiger partial charge >= 0.3 is 5.97 Å². The number of thiol groups is 1. The number of nitrogens with zero attached hydrogens (tertiary/aromatic N) is 1. The summed E-state index contributed by atoms with van der Waals surface area (Å²) in [5.74, 6) is -2.89. The first-order valence-electron chi connectivity index (χ1n) is 7.59. The summed E-state index contributed by atoms with van der Waals surface area (Å²) in [6, 6.07) is 13.8. The van der Waals surface area contributed by atoms with E-state index >= 15 is 0 Å². The van der Waals surface area contributed by atoms with E-state index in [0.717, 1.165) is 0 Å². The molecular formula is C18H15NO6S. The van der Waals surface area contributed by atoms with Crippen LogP contribution in [0.1, 0.15) is 23.5 Å². The molecule has 2 aromatic carbocycles. The minimum Gasteiger partial charge on any atom is -0.455 e. The van der Waals surface area contributed by atoms with Crippen LogP contribution in [0, 0.1) is 10.1 Å². The zero-order valence-corrected chi connectivity index (χ0v) is 14.4. The van der Waals surface area contributed by atoms with E-state index in [2.05, 4.69) is 12.6 Å². The number of ketones is 1. The van der Waals surface area contributed by atoms with Gasteiger partial charge in [0, 0.05) is 18.6 Å². The van der Waals surface area contributed by atoms with Gasteiger partial charge in [-0.1, -0.05) is 30.3 Å². The highest BCUT2D eigenvalue weighted by Crippen LogP contribution is 2.23. The average molecular weight is 373 g/mol. The summed E-state index contributed by atoms with van der Waals surface area (Å²) in [4.78, 5) is 45.9. The van der Waals surface area contributed by atoms with Crippen LogP contribution < -0.4 is 0 Å². The van der Waals surface area contributed by atoms with E-state index in [1.54, 1.807) is 30.3 Å². The van der Waals surface area contributed by atoms with Crippen LogP contribution in [0.5, 0.6) is 0 Å². The quantitative estimate of drug-likeness (QED) is 0.251. The third-order valence-electron chi connectivity index (χ3n) is 3.62. The van der Waals surface area contributed by atoms with Gasteiger partial charge < -0.3 is 4.74 Å². The largest absolute Gasteiger partial charge is 0.455 e. The molecule has 0 N–H and O–H groups in total. The number of nitro benzene ring substituents is 1. The summed E-state index contributed by atoms with van der Waals surface area (Å²) in [5, 5.41) is 10.1. The molecule has 0 radical (unpaired) electrons. The monoisotopic (exact) mass is 373 g/mol. The number of esters is 1. The molecule has 2 rings (SSSR count). The van der Waals surface area contributed by atoms with E-state index in [0.29, 0.717) is 11.1 Å². The Bertz CT molecular complexity index is 819. The van der Waals surface area contributed by atoms with Crippen LogP contribution in [0.15, 0.2) is 54.6 Å². The Morgan fingerprint density at radius 3 is 2.19 bits per heavy atom. The van der Waals surface area contributed by atoms with Gasteiger partial charge in [-0.05, 0) is 23.3 Å². The second kappa shape index (κ2) is 8.91. The van der Waals surface area contributed by atoms with Gasteiger partial charge in [-0.15, -0.1) is 12.6 Å². The van der Waals surface area contributed by atoms with Crippen molar-refractivity contribution in [1.82, 2.24) is 0 Å². The third kappa shape index (κ3) is 5.25. The lowest BCUT2D eigenvalue weighted by molar-refractivity contribution is -0.384. The van der Waals surface area contributed by atoms with Crippen molar-refractivity contribution in [1.29, 1.82) is 0 Å². The molecule has 0 amide bonds. The van der Waals surface area contributed by atoms with Gasteiger partial charge in [-0.3, -0.25) is 19.7 Å². The molecule has 26 heavy (non-hydrogen) atoms. The summed E-state index contributed by atoms with van der Waals surface area (Å²) in [6.07, 6.45) is -0.224. The molecule has 1 unspecified atom stereocenters. The third-order valence-corrected chi connectivity index (χ3v) is 3.80. The van der Waals surface area contributed by atoms with Crippen LogP contribution in [-0.2, 0) is 25.7 Å². The van der Waals surface area contributed by atoms with E-state index in [1.165, 1.54) is 24.3 Å². The number of Topliss-reactive ketones (excluding diaryl/α,β-unsaturated/α-hetero) is 1. The van der Waals surface area contributed by atoms with Crippen molar-refractivity contribution in [2.45, 2.75) is 18.9 Å². The van der Waals surface area contributed by atoms with Gasteiger partial charge in [-0.2, -0.15) is 0 Å². The van der Waals surface area contributed by atoms with Crippen molar-refractivity contribution in [3.8, 4) is 0 Å². The number of hydrogen-bond donors (Lipinski definition) is 1. The summed E-state index contributed by atoms with van der Waals surface area (Å²) in [6.45, 7) is -0.209. The maximum atomic E-state index is 12.4. The van der Waals surface area contributed by atoms with Crippen LogP contribution >= 0.6 is 12.6 Å². The van der Waals surface area contributed by atoms with Gasteiger partial charge in [0.15, 0.2) is 5.12 Å². The van der Waals surface area contributed by atoms with Crippen molar-refractivity contribution >= 4 is 35.2 Å². The van der Waals surface area contributed by atoms with Crippen LogP contribution in [0.25, 0.3) is 0 Å². The highest BCUT2D eigenvalue weighted by molar-refractivity contribution is 7.96. The fraction of sp³-hybridized carbons (Fsp3) is 0.167. The molecule has 0 spiro atoms. The lowest BCUT2D eigenvalue weighted by atomic mass is 9.92. The smallest absolute Gasteiger partial charge is 0.375 e. The van der Waals surface area contributed by atoms with Gasteiger partial charge in [-0.25, -0.2) is 4.79 Å². The van der Waals surface area contributed by atoms with E-state index in [1.807, 2.05) is 0 Å². The van der Waals surface area contributed by atoms with Crippen LogP contribution in [-0.4, -0.2) is 21.8 Å². The average Bonchev–Trinajstić information content (AvgIpc) is 2.64. The second-order valence-electron chi connectivity index (χ2n) is 5.43. The molecule has 0 heterocycles. The topological polar surface area (TPSA) is 104 Å². The van der Waals surface area contributed by atoms with Crippen molar-refractivity contribution in [3.05, 3.63) is 75.8 Å². The minimum absolute atomic E-state index is 0.0902. The maximum Gasteiger partial charge on any atom is 0.375 e. The lowest BCUT2D eigenvalue weighted by Gasteiger charge is -2.14. The molecule has 0 saturated carbocycles. The molecule has 0 bridgehead atoms. The normalized spacial score (nSPS) is 11.4. The Balaban J connectivity index is 2.05. The Kier molecular flexibility index (Phi) is 6.62. The first-order chi connectivity index (χ1) is 12.4. The zero-order valence-electron chi connectivity index (χ0n) is 13.5. The standard InChI is InChI=1S/C18H15NO6S/c20-16(26)10-15(13-4-2-1-3-5-13)17(21)18(22)25-11-12-6-8-14(9-7-12)19(23)24/h1-9,15H,10-11H2,(H,20,26). The SMILES string of the molecule is O=C(S)CC(C(=O)C(=O)OCc1ccc([N+](=O)[O-])cc1)c1ccccc1. The fourth-order valence-corrected chi connectivity index (χ4v) is 2.48. The van der Waals surface area contributed by atoms with Crippen LogP contribution in [0.3, 0.4) is 0 Å².